The van der Waals surface area contributed by atoms with Gasteiger partial charge in [-0.1, -0.05) is 13.8 Å². The van der Waals surface area contributed by atoms with E-state index >= 15 is 0 Å². The second-order valence-corrected chi connectivity index (χ2v) is 7.71. The van der Waals surface area contributed by atoms with E-state index in [2.05, 4.69) is 41.3 Å². The Bertz CT molecular complexity index is 427. The van der Waals surface area contributed by atoms with Crippen molar-refractivity contribution in [1.82, 2.24) is 15.5 Å². The Labute approximate surface area is 188 Å². The maximum Gasteiger partial charge on any atom is 0.220 e. The van der Waals surface area contributed by atoms with Crippen molar-refractivity contribution < 1.29 is 9.53 Å². The van der Waals surface area contributed by atoms with E-state index in [0.717, 1.165) is 83.9 Å². The molecule has 1 saturated heterocycles. The SMILES string of the molecule is CCNC(=NCCCCN1CCC(C(N)=O)CC1)NCCOCCC(C)C.I. The fraction of sp³-hybridized carbons (Fsp3) is 0.900. The quantitative estimate of drug-likeness (QED) is 0.153. The second-order valence-electron chi connectivity index (χ2n) is 7.71. The lowest BCUT2D eigenvalue weighted by Crippen LogP contribution is -2.39. The standard InChI is InChI=1S/C20H41N5O2.HI/c1-4-22-20(24-11-16-27-15-9-17(2)3)23-10-5-6-12-25-13-7-18(8-14-25)19(21)26;/h17-18H,4-16H2,1-3H3,(H2,21,26)(H2,22,23,24);1H. The molecule has 0 radical (unpaired) electrons. The normalized spacial score (nSPS) is 16.1. The van der Waals surface area contributed by atoms with Crippen molar-refractivity contribution in [2.24, 2.45) is 22.6 Å². The molecule has 0 bridgehead atoms. The molecule has 1 aliphatic rings. The topological polar surface area (TPSA) is 92.0 Å². The predicted octanol–water partition coefficient (Wildman–Crippen LogP) is 2.20. The summed E-state index contributed by atoms with van der Waals surface area (Å²) in [6.07, 6.45) is 5.11. The number of likely N-dealkylation sites (tertiary alicyclic amines) is 1. The molecule has 0 aromatic carbocycles. The van der Waals surface area contributed by atoms with Crippen molar-refractivity contribution in [3.8, 4) is 0 Å². The molecule has 1 amide bonds. The maximum atomic E-state index is 11.2. The first-order valence-corrected chi connectivity index (χ1v) is 10.6. The van der Waals surface area contributed by atoms with Crippen LogP contribution >= 0.6 is 24.0 Å². The zero-order valence-corrected chi connectivity index (χ0v) is 20.4. The Kier molecular flexibility index (Phi) is 16.9. The number of carbonyl (C=O) groups excluding carboxylic acids is 1. The third kappa shape index (κ3) is 13.5. The van der Waals surface area contributed by atoms with Gasteiger partial charge in [-0.25, -0.2) is 0 Å². The van der Waals surface area contributed by atoms with Crippen molar-refractivity contribution in [2.75, 3.05) is 52.5 Å². The Hall–Kier alpha value is -0.610. The predicted molar refractivity (Wildman–Crippen MR) is 127 cm³/mol. The summed E-state index contributed by atoms with van der Waals surface area (Å²) in [5.74, 6) is 1.49. The smallest absolute Gasteiger partial charge is 0.220 e. The summed E-state index contributed by atoms with van der Waals surface area (Å²) in [7, 11) is 0. The van der Waals surface area contributed by atoms with Gasteiger partial charge in [0.05, 0.1) is 6.61 Å². The number of piperidine rings is 1. The zero-order valence-electron chi connectivity index (χ0n) is 18.0. The molecule has 0 aromatic heterocycles. The van der Waals surface area contributed by atoms with Crippen LogP contribution in [-0.4, -0.2) is 69.2 Å². The fourth-order valence-corrected chi connectivity index (χ4v) is 3.08. The Morgan fingerprint density at radius 3 is 2.54 bits per heavy atom. The molecule has 0 saturated carbocycles. The van der Waals surface area contributed by atoms with E-state index < -0.39 is 0 Å². The number of nitrogens with two attached hydrogens (primary N) is 1. The van der Waals surface area contributed by atoms with Crippen molar-refractivity contribution in [1.29, 1.82) is 0 Å². The number of hydrogen-bond donors (Lipinski definition) is 3. The lowest BCUT2D eigenvalue weighted by molar-refractivity contribution is -0.123. The van der Waals surface area contributed by atoms with E-state index in [9.17, 15) is 4.79 Å². The summed E-state index contributed by atoms with van der Waals surface area (Å²) in [6, 6.07) is 0. The molecule has 1 rings (SSSR count). The number of hydrogen-bond acceptors (Lipinski definition) is 4. The van der Waals surface area contributed by atoms with Crippen molar-refractivity contribution in [3.63, 3.8) is 0 Å². The number of primary amides is 1. The van der Waals surface area contributed by atoms with Gasteiger partial charge in [0.1, 0.15) is 0 Å². The van der Waals surface area contributed by atoms with Gasteiger partial charge < -0.3 is 26.0 Å². The number of guanidine groups is 1. The number of unbranched alkanes of at least 4 members (excludes halogenated alkanes) is 1. The minimum absolute atomic E-state index is 0. The average Bonchev–Trinajstić information content (AvgIpc) is 2.64. The molecule has 0 atom stereocenters. The summed E-state index contributed by atoms with van der Waals surface area (Å²) in [5.41, 5.74) is 5.38. The van der Waals surface area contributed by atoms with Crippen LogP contribution in [0.4, 0.5) is 0 Å². The molecule has 7 nitrogen and oxygen atoms in total. The molecule has 28 heavy (non-hydrogen) atoms. The minimum atomic E-state index is -0.141. The molecule has 4 N–H and O–H groups in total. The summed E-state index contributed by atoms with van der Waals surface area (Å²) in [6.45, 7) is 13.5. The average molecular weight is 511 g/mol. The molecule has 0 unspecified atom stereocenters. The highest BCUT2D eigenvalue weighted by molar-refractivity contribution is 14.0. The van der Waals surface area contributed by atoms with Gasteiger partial charge in [0.2, 0.25) is 5.91 Å². The molecule has 1 aliphatic heterocycles. The van der Waals surface area contributed by atoms with Crippen molar-refractivity contribution in [3.05, 3.63) is 0 Å². The van der Waals surface area contributed by atoms with Gasteiger partial charge in [-0.2, -0.15) is 0 Å². The lowest BCUT2D eigenvalue weighted by atomic mass is 9.96. The van der Waals surface area contributed by atoms with E-state index in [0.29, 0.717) is 12.5 Å². The number of aliphatic imine (C=N–C) groups is 1. The highest BCUT2D eigenvalue weighted by Crippen LogP contribution is 2.16. The van der Waals surface area contributed by atoms with E-state index in [-0.39, 0.29) is 35.8 Å². The number of carbonyl (C=O) groups is 1. The number of amides is 1. The number of halogens is 1. The second kappa shape index (κ2) is 17.3. The highest BCUT2D eigenvalue weighted by Gasteiger charge is 2.22. The molecule has 1 heterocycles. The van der Waals surface area contributed by atoms with Crippen molar-refractivity contribution in [2.45, 2.75) is 52.9 Å². The van der Waals surface area contributed by atoms with Gasteiger partial charge in [0.15, 0.2) is 5.96 Å². The van der Waals surface area contributed by atoms with Crippen LogP contribution in [0.5, 0.6) is 0 Å². The van der Waals surface area contributed by atoms with E-state index in [1.54, 1.807) is 0 Å². The first kappa shape index (κ1) is 27.4. The molecule has 1 fully saturated rings. The molecule has 166 valence electrons. The van der Waals surface area contributed by atoms with Crippen LogP contribution in [-0.2, 0) is 9.53 Å². The van der Waals surface area contributed by atoms with Crippen LogP contribution in [0, 0.1) is 11.8 Å². The Balaban J connectivity index is 0.00000729. The molecule has 8 heteroatoms. The number of ether oxygens (including phenoxy) is 1. The number of rotatable bonds is 13. The highest BCUT2D eigenvalue weighted by atomic mass is 127. The van der Waals surface area contributed by atoms with Crippen LogP contribution < -0.4 is 16.4 Å². The lowest BCUT2D eigenvalue weighted by Gasteiger charge is -2.30. The first-order chi connectivity index (χ1) is 13.0. The largest absolute Gasteiger partial charge is 0.380 e. The molecule has 0 spiro atoms. The molecular weight excluding hydrogens is 469 g/mol. The summed E-state index contributed by atoms with van der Waals surface area (Å²) >= 11 is 0. The fourth-order valence-electron chi connectivity index (χ4n) is 3.08. The van der Waals surface area contributed by atoms with Gasteiger partial charge in [-0.15, -0.1) is 24.0 Å². The summed E-state index contributed by atoms with van der Waals surface area (Å²) < 4.78 is 5.63. The van der Waals surface area contributed by atoms with Gasteiger partial charge in [0, 0.05) is 32.2 Å². The van der Waals surface area contributed by atoms with Gasteiger partial charge >= 0.3 is 0 Å². The van der Waals surface area contributed by atoms with Crippen LogP contribution in [0.3, 0.4) is 0 Å². The Morgan fingerprint density at radius 1 is 1.21 bits per heavy atom. The number of nitrogens with one attached hydrogen (secondary N) is 2. The zero-order chi connectivity index (χ0) is 19.9. The van der Waals surface area contributed by atoms with E-state index in [1.807, 2.05) is 0 Å². The molecular formula is C20H42IN5O2. The van der Waals surface area contributed by atoms with Gasteiger partial charge in [0.25, 0.3) is 0 Å². The molecule has 0 aromatic rings. The number of nitrogens with zero attached hydrogens (tertiary/aromatic N) is 2. The Morgan fingerprint density at radius 2 is 1.93 bits per heavy atom. The third-order valence-electron chi connectivity index (χ3n) is 4.86. The van der Waals surface area contributed by atoms with Crippen LogP contribution in [0.25, 0.3) is 0 Å². The van der Waals surface area contributed by atoms with Crippen LogP contribution in [0.1, 0.15) is 52.9 Å². The van der Waals surface area contributed by atoms with Gasteiger partial charge in [-0.3, -0.25) is 9.79 Å². The first-order valence-electron chi connectivity index (χ1n) is 10.6. The minimum Gasteiger partial charge on any atom is -0.380 e. The van der Waals surface area contributed by atoms with Crippen LogP contribution in [0.15, 0.2) is 4.99 Å². The van der Waals surface area contributed by atoms with E-state index in [4.69, 9.17) is 10.5 Å². The summed E-state index contributed by atoms with van der Waals surface area (Å²) in [5, 5.41) is 6.60. The van der Waals surface area contributed by atoms with Crippen molar-refractivity contribution >= 4 is 35.8 Å². The van der Waals surface area contributed by atoms with Crippen LogP contribution in [0.2, 0.25) is 0 Å². The van der Waals surface area contributed by atoms with Gasteiger partial charge in [-0.05, 0) is 64.6 Å². The maximum absolute atomic E-state index is 11.2. The summed E-state index contributed by atoms with van der Waals surface area (Å²) in [4.78, 5) is 18.3. The third-order valence-corrected chi connectivity index (χ3v) is 4.86. The monoisotopic (exact) mass is 511 g/mol. The molecule has 0 aliphatic carbocycles. The van der Waals surface area contributed by atoms with E-state index in [1.165, 1.54) is 0 Å².